The predicted molar refractivity (Wildman–Crippen MR) is 82.4 cm³/mol. The summed E-state index contributed by atoms with van der Waals surface area (Å²) in [6, 6.07) is 5.74. The van der Waals surface area contributed by atoms with Crippen LogP contribution in [0.4, 0.5) is 0 Å². The summed E-state index contributed by atoms with van der Waals surface area (Å²) >= 11 is 5.91. The first-order valence-electron chi connectivity index (χ1n) is 7.13. The zero-order chi connectivity index (χ0) is 14.2. The number of unbranched alkanes of at least 4 members (excludes halogenated alkanes) is 3. The summed E-state index contributed by atoms with van der Waals surface area (Å²) in [5.41, 5.74) is 1.09. The maximum absolute atomic E-state index is 5.91. The maximum atomic E-state index is 5.91. The Morgan fingerprint density at radius 2 is 2.05 bits per heavy atom. The van der Waals surface area contributed by atoms with E-state index in [9.17, 15) is 0 Å². The number of aryl methyl sites for hydroxylation is 2. The summed E-state index contributed by atoms with van der Waals surface area (Å²) < 4.78 is 5.77. The topological polar surface area (TPSA) is 37.9 Å². The number of rotatable bonds is 8. The maximum Gasteiger partial charge on any atom is 0.122 e. The molecule has 1 aromatic heterocycles. The van der Waals surface area contributed by atoms with Crippen LogP contribution in [0.5, 0.6) is 5.75 Å². The van der Waals surface area contributed by atoms with Crippen LogP contribution >= 0.6 is 11.6 Å². The predicted octanol–water partition coefficient (Wildman–Crippen LogP) is 4.55. The highest BCUT2D eigenvalue weighted by atomic mass is 35.5. The van der Waals surface area contributed by atoms with Crippen LogP contribution in [-0.4, -0.2) is 16.6 Å². The molecular formula is C16H21ClN2O. The lowest BCUT2D eigenvalue weighted by Gasteiger charge is -2.09. The molecule has 0 saturated heterocycles. The fraction of sp³-hybridized carbons (Fsp3) is 0.438. The van der Waals surface area contributed by atoms with E-state index < -0.39 is 0 Å². The standard InChI is InChI=1S/C16H21ClN2O/c1-13-12-14(17)7-8-15(13)20-11-5-3-2-4-6-16-18-9-10-19-16/h7-10,12H,2-6,11H2,1H3,(H,18,19). The Morgan fingerprint density at radius 3 is 2.80 bits per heavy atom. The third-order valence-electron chi connectivity index (χ3n) is 3.26. The van der Waals surface area contributed by atoms with Gasteiger partial charge in [0, 0.05) is 23.8 Å². The highest BCUT2D eigenvalue weighted by molar-refractivity contribution is 6.30. The first kappa shape index (κ1) is 14.9. The monoisotopic (exact) mass is 292 g/mol. The van der Waals surface area contributed by atoms with Gasteiger partial charge in [-0.05, 0) is 43.5 Å². The molecule has 20 heavy (non-hydrogen) atoms. The lowest BCUT2D eigenvalue weighted by atomic mass is 10.1. The number of imidazole rings is 1. The lowest BCUT2D eigenvalue weighted by molar-refractivity contribution is 0.302. The van der Waals surface area contributed by atoms with Crippen molar-refractivity contribution in [2.24, 2.45) is 0 Å². The molecule has 0 bridgehead atoms. The third-order valence-corrected chi connectivity index (χ3v) is 3.49. The van der Waals surface area contributed by atoms with E-state index >= 15 is 0 Å². The zero-order valence-electron chi connectivity index (χ0n) is 11.9. The molecule has 1 heterocycles. The molecule has 0 aliphatic heterocycles. The van der Waals surface area contributed by atoms with Gasteiger partial charge in [-0.2, -0.15) is 0 Å². The molecule has 0 unspecified atom stereocenters. The molecule has 0 fully saturated rings. The van der Waals surface area contributed by atoms with Gasteiger partial charge in [-0.1, -0.05) is 24.4 Å². The number of aromatic amines is 1. The highest BCUT2D eigenvalue weighted by Gasteiger charge is 2.00. The number of halogens is 1. The second-order valence-electron chi connectivity index (χ2n) is 4.96. The number of benzene rings is 1. The van der Waals surface area contributed by atoms with Gasteiger partial charge in [0.25, 0.3) is 0 Å². The van der Waals surface area contributed by atoms with Crippen molar-refractivity contribution in [2.45, 2.75) is 39.0 Å². The Balaban J connectivity index is 1.55. The van der Waals surface area contributed by atoms with Crippen molar-refractivity contribution in [3.63, 3.8) is 0 Å². The number of nitrogens with one attached hydrogen (secondary N) is 1. The Bertz CT molecular complexity index is 511. The van der Waals surface area contributed by atoms with Crippen LogP contribution in [0.25, 0.3) is 0 Å². The SMILES string of the molecule is Cc1cc(Cl)ccc1OCCCCCCc1ncc[nH]1. The number of H-pyrrole nitrogens is 1. The van der Waals surface area contributed by atoms with Gasteiger partial charge in [-0.25, -0.2) is 4.98 Å². The minimum Gasteiger partial charge on any atom is -0.493 e. The quantitative estimate of drug-likeness (QED) is 0.725. The van der Waals surface area contributed by atoms with E-state index in [1.807, 2.05) is 31.3 Å². The number of hydrogen-bond donors (Lipinski definition) is 1. The van der Waals surface area contributed by atoms with E-state index in [0.29, 0.717) is 0 Å². The van der Waals surface area contributed by atoms with Crippen molar-refractivity contribution in [2.75, 3.05) is 6.61 Å². The first-order chi connectivity index (χ1) is 9.75. The molecule has 0 radical (unpaired) electrons. The van der Waals surface area contributed by atoms with Crippen molar-refractivity contribution in [1.82, 2.24) is 9.97 Å². The van der Waals surface area contributed by atoms with Crippen LogP contribution in [0.2, 0.25) is 5.02 Å². The molecule has 0 amide bonds. The molecule has 1 aromatic carbocycles. The van der Waals surface area contributed by atoms with Crippen molar-refractivity contribution >= 4 is 11.6 Å². The van der Waals surface area contributed by atoms with Crippen LogP contribution in [0.1, 0.15) is 37.1 Å². The largest absolute Gasteiger partial charge is 0.493 e. The van der Waals surface area contributed by atoms with E-state index in [4.69, 9.17) is 16.3 Å². The fourth-order valence-corrected chi connectivity index (χ4v) is 2.37. The molecule has 0 aliphatic carbocycles. The van der Waals surface area contributed by atoms with Gasteiger partial charge in [0.1, 0.15) is 11.6 Å². The van der Waals surface area contributed by atoms with Gasteiger partial charge >= 0.3 is 0 Å². The fourth-order valence-electron chi connectivity index (χ4n) is 2.14. The Labute approximate surface area is 125 Å². The Kier molecular flexibility index (Phi) is 5.93. The third kappa shape index (κ3) is 4.89. The Hall–Kier alpha value is -1.48. The van der Waals surface area contributed by atoms with E-state index in [1.165, 1.54) is 19.3 Å². The van der Waals surface area contributed by atoms with Gasteiger partial charge in [-0.3, -0.25) is 0 Å². The van der Waals surface area contributed by atoms with Crippen LogP contribution in [0.3, 0.4) is 0 Å². The molecule has 4 heteroatoms. The average Bonchev–Trinajstić information content (AvgIpc) is 2.93. The normalized spacial score (nSPS) is 10.7. The van der Waals surface area contributed by atoms with E-state index in [2.05, 4.69) is 9.97 Å². The summed E-state index contributed by atoms with van der Waals surface area (Å²) in [7, 11) is 0. The summed E-state index contributed by atoms with van der Waals surface area (Å²) in [6.45, 7) is 2.79. The second kappa shape index (κ2) is 7.95. The summed E-state index contributed by atoms with van der Waals surface area (Å²) in [5, 5.41) is 0.757. The van der Waals surface area contributed by atoms with Crippen LogP contribution < -0.4 is 4.74 Å². The van der Waals surface area contributed by atoms with Gasteiger partial charge < -0.3 is 9.72 Å². The van der Waals surface area contributed by atoms with Crippen molar-refractivity contribution < 1.29 is 4.74 Å². The molecule has 3 nitrogen and oxygen atoms in total. The minimum atomic E-state index is 0.757. The summed E-state index contributed by atoms with van der Waals surface area (Å²) in [5.74, 6) is 2.02. The first-order valence-corrected chi connectivity index (χ1v) is 7.51. The van der Waals surface area contributed by atoms with Gasteiger partial charge in [-0.15, -0.1) is 0 Å². The molecule has 0 spiro atoms. The number of aromatic nitrogens is 2. The van der Waals surface area contributed by atoms with Crippen LogP contribution in [0, 0.1) is 6.92 Å². The van der Waals surface area contributed by atoms with Crippen LogP contribution in [-0.2, 0) is 6.42 Å². The zero-order valence-corrected chi connectivity index (χ0v) is 12.6. The molecule has 2 aromatic rings. The second-order valence-corrected chi connectivity index (χ2v) is 5.39. The number of nitrogens with zero attached hydrogens (tertiary/aromatic N) is 1. The minimum absolute atomic E-state index is 0.757. The Morgan fingerprint density at radius 1 is 1.20 bits per heavy atom. The van der Waals surface area contributed by atoms with Crippen LogP contribution in [0.15, 0.2) is 30.6 Å². The number of hydrogen-bond acceptors (Lipinski definition) is 2. The van der Waals surface area contributed by atoms with Crippen molar-refractivity contribution in [3.05, 3.63) is 47.0 Å². The van der Waals surface area contributed by atoms with E-state index in [0.717, 1.165) is 41.6 Å². The molecule has 1 N–H and O–H groups in total. The van der Waals surface area contributed by atoms with Crippen molar-refractivity contribution in [3.8, 4) is 5.75 Å². The molecule has 0 saturated carbocycles. The van der Waals surface area contributed by atoms with Gasteiger partial charge in [0.15, 0.2) is 0 Å². The molecule has 0 aliphatic rings. The lowest BCUT2D eigenvalue weighted by Crippen LogP contribution is -1.99. The number of ether oxygens (including phenoxy) is 1. The van der Waals surface area contributed by atoms with E-state index in [-0.39, 0.29) is 0 Å². The van der Waals surface area contributed by atoms with Gasteiger partial charge in [0.05, 0.1) is 6.61 Å². The average molecular weight is 293 g/mol. The molecule has 0 atom stereocenters. The van der Waals surface area contributed by atoms with Crippen molar-refractivity contribution in [1.29, 1.82) is 0 Å². The highest BCUT2D eigenvalue weighted by Crippen LogP contribution is 2.22. The van der Waals surface area contributed by atoms with Gasteiger partial charge in [0.2, 0.25) is 0 Å². The smallest absolute Gasteiger partial charge is 0.122 e. The molecule has 108 valence electrons. The molecular weight excluding hydrogens is 272 g/mol. The molecule has 2 rings (SSSR count). The summed E-state index contributed by atoms with van der Waals surface area (Å²) in [4.78, 5) is 7.34. The summed E-state index contributed by atoms with van der Waals surface area (Å²) in [6.07, 6.45) is 9.37. The van der Waals surface area contributed by atoms with E-state index in [1.54, 1.807) is 6.20 Å².